The zero-order valence-electron chi connectivity index (χ0n) is 16.9. The van der Waals surface area contributed by atoms with Crippen molar-refractivity contribution in [2.24, 2.45) is 0 Å². The molecule has 0 unspecified atom stereocenters. The minimum atomic E-state index is -0.0491. The van der Waals surface area contributed by atoms with Crippen molar-refractivity contribution >= 4 is 27.5 Å². The zero-order chi connectivity index (χ0) is 20.4. The number of thiophene rings is 1. The summed E-state index contributed by atoms with van der Waals surface area (Å²) in [6.07, 6.45) is 0. The van der Waals surface area contributed by atoms with Crippen LogP contribution in [0, 0.1) is 6.92 Å². The Hall–Kier alpha value is -2.96. The van der Waals surface area contributed by atoms with E-state index in [4.69, 9.17) is 0 Å². The van der Waals surface area contributed by atoms with E-state index >= 15 is 0 Å². The summed E-state index contributed by atoms with van der Waals surface area (Å²) < 4.78 is 1.91. The van der Waals surface area contributed by atoms with Crippen LogP contribution in [0.25, 0.3) is 15.9 Å². The molecule has 0 saturated carbocycles. The molecule has 0 atom stereocenters. The monoisotopic (exact) mass is 405 g/mol. The van der Waals surface area contributed by atoms with Gasteiger partial charge >= 0.3 is 0 Å². The predicted molar refractivity (Wildman–Crippen MR) is 118 cm³/mol. The first kappa shape index (κ1) is 19.4. The number of aryl methyl sites for hydroxylation is 1. The second-order valence-electron chi connectivity index (χ2n) is 7.55. The average molecular weight is 406 g/mol. The van der Waals surface area contributed by atoms with Crippen molar-refractivity contribution in [3.05, 3.63) is 82.4 Å². The van der Waals surface area contributed by atoms with Crippen LogP contribution in [0.3, 0.4) is 0 Å². The van der Waals surface area contributed by atoms with Crippen LogP contribution in [0.4, 0.5) is 0 Å². The molecule has 0 saturated heterocycles. The Morgan fingerprint density at radius 1 is 1.07 bits per heavy atom. The van der Waals surface area contributed by atoms with E-state index in [1.165, 1.54) is 21.8 Å². The fourth-order valence-corrected chi connectivity index (χ4v) is 4.46. The number of nitrogens with one attached hydrogen (secondary N) is 2. The van der Waals surface area contributed by atoms with Gasteiger partial charge in [-0.05, 0) is 30.7 Å². The molecule has 0 bridgehead atoms. The first-order valence-electron chi connectivity index (χ1n) is 9.71. The van der Waals surface area contributed by atoms with Crippen molar-refractivity contribution in [2.75, 3.05) is 14.1 Å². The molecule has 1 amide bonds. The average Bonchev–Trinajstić information content (AvgIpc) is 3.28. The number of benzene rings is 2. The van der Waals surface area contributed by atoms with Crippen molar-refractivity contribution in [2.45, 2.75) is 20.0 Å². The minimum absolute atomic E-state index is 0.0491. The molecule has 4 aromatic rings. The maximum atomic E-state index is 12.7. The normalized spacial score (nSPS) is 11.3. The van der Waals surface area contributed by atoms with Crippen molar-refractivity contribution < 1.29 is 9.69 Å². The Morgan fingerprint density at radius 3 is 2.45 bits per heavy atom. The van der Waals surface area contributed by atoms with Gasteiger partial charge in [0.25, 0.3) is 5.91 Å². The molecule has 29 heavy (non-hydrogen) atoms. The summed E-state index contributed by atoms with van der Waals surface area (Å²) >= 11 is 1.48. The fourth-order valence-electron chi connectivity index (χ4n) is 3.36. The molecule has 4 rings (SSSR count). The number of para-hydroxylation sites is 1. The predicted octanol–water partition coefficient (Wildman–Crippen LogP) is 2.97. The topological polar surface area (TPSA) is 51.4 Å². The lowest BCUT2D eigenvalue weighted by Gasteiger charge is -2.08. The van der Waals surface area contributed by atoms with E-state index in [9.17, 15) is 4.79 Å². The number of fused-ring (bicyclic) bond motifs is 1. The third-order valence-corrected chi connectivity index (χ3v) is 5.91. The van der Waals surface area contributed by atoms with Crippen LogP contribution in [0.5, 0.6) is 0 Å². The highest BCUT2D eigenvalue weighted by atomic mass is 32.1. The largest absolute Gasteiger partial charge is 0.347 e. The van der Waals surface area contributed by atoms with Gasteiger partial charge < -0.3 is 10.2 Å². The van der Waals surface area contributed by atoms with Crippen LogP contribution in [-0.2, 0) is 13.1 Å². The summed E-state index contributed by atoms with van der Waals surface area (Å²) in [5.41, 5.74) is 4.32. The Morgan fingerprint density at radius 2 is 1.76 bits per heavy atom. The van der Waals surface area contributed by atoms with Crippen LogP contribution in [0.1, 0.15) is 26.5 Å². The van der Waals surface area contributed by atoms with E-state index in [1.807, 2.05) is 48.0 Å². The molecule has 2 aromatic carbocycles. The van der Waals surface area contributed by atoms with Gasteiger partial charge in [0.15, 0.2) is 0 Å². The van der Waals surface area contributed by atoms with Crippen LogP contribution in [0.15, 0.2) is 60.7 Å². The van der Waals surface area contributed by atoms with E-state index < -0.39 is 0 Å². The number of amides is 1. The summed E-state index contributed by atoms with van der Waals surface area (Å²) in [6.45, 7) is 3.49. The van der Waals surface area contributed by atoms with Crippen LogP contribution < -0.4 is 10.2 Å². The molecular formula is C23H25N4OS+. The zero-order valence-corrected chi connectivity index (χ0v) is 17.7. The van der Waals surface area contributed by atoms with E-state index in [1.54, 1.807) is 0 Å². The summed E-state index contributed by atoms with van der Waals surface area (Å²) in [5.74, 6) is -0.0491. The van der Waals surface area contributed by atoms with Gasteiger partial charge in [0.1, 0.15) is 11.4 Å². The molecule has 5 nitrogen and oxygen atoms in total. The first-order valence-corrected chi connectivity index (χ1v) is 10.5. The highest BCUT2D eigenvalue weighted by Crippen LogP contribution is 2.30. The number of hydrogen-bond donors (Lipinski definition) is 2. The van der Waals surface area contributed by atoms with E-state index in [2.05, 4.69) is 48.8 Å². The summed E-state index contributed by atoms with van der Waals surface area (Å²) in [5, 5.41) is 8.71. The Balaban J connectivity index is 1.49. The maximum absolute atomic E-state index is 12.7. The molecule has 2 N–H and O–H groups in total. The molecule has 0 spiro atoms. The highest BCUT2D eigenvalue weighted by Gasteiger charge is 2.17. The molecule has 148 valence electrons. The van der Waals surface area contributed by atoms with Gasteiger partial charge in [0, 0.05) is 17.5 Å². The number of carbonyl (C=O) groups is 1. The number of aromatic nitrogens is 2. The number of carbonyl (C=O) groups excluding carboxylic acids is 1. The third-order valence-electron chi connectivity index (χ3n) is 4.80. The third kappa shape index (κ3) is 4.23. The van der Waals surface area contributed by atoms with Crippen molar-refractivity contribution in [3.8, 4) is 5.69 Å². The second kappa shape index (κ2) is 8.19. The Labute approximate surface area is 174 Å². The van der Waals surface area contributed by atoms with Crippen molar-refractivity contribution in [1.82, 2.24) is 15.1 Å². The number of rotatable bonds is 6. The number of quaternary nitrogens is 1. The molecule has 2 heterocycles. The molecule has 0 aliphatic carbocycles. The molecule has 0 aliphatic rings. The van der Waals surface area contributed by atoms with Crippen LogP contribution in [0.2, 0.25) is 0 Å². The van der Waals surface area contributed by atoms with Gasteiger partial charge in [-0.15, -0.1) is 11.3 Å². The van der Waals surface area contributed by atoms with Crippen molar-refractivity contribution in [1.29, 1.82) is 0 Å². The second-order valence-corrected chi connectivity index (χ2v) is 8.58. The Kier molecular flexibility index (Phi) is 5.47. The Bertz CT molecular complexity index is 1130. The van der Waals surface area contributed by atoms with Gasteiger partial charge in [0.2, 0.25) is 0 Å². The number of nitrogens with zero attached hydrogens (tertiary/aromatic N) is 2. The maximum Gasteiger partial charge on any atom is 0.261 e. The standard InChI is InChI=1S/C23H24N4OS/c1-16-20-13-21(29-23(20)27(25-16)19-7-5-4-6-8-19)22(28)24-14-17-9-11-18(12-10-17)15-26(2)3/h4-13H,14-15H2,1-3H3,(H,24,28)/p+1. The highest BCUT2D eigenvalue weighted by molar-refractivity contribution is 7.20. The fraction of sp³-hybridized carbons (Fsp3) is 0.217. The smallest absolute Gasteiger partial charge is 0.261 e. The van der Waals surface area contributed by atoms with Gasteiger partial charge in [-0.2, -0.15) is 5.10 Å². The van der Waals surface area contributed by atoms with Gasteiger partial charge in [0.05, 0.1) is 30.4 Å². The van der Waals surface area contributed by atoms with Gasteiger partial charge in [-0.3, -0.25) is 4.79 Å². The van der Waals surface area contributed by atoms with Crippen LogP contribution >= 0.6 is 11.3 Å². The lowest BCUT2D eigenvalue weighted by atomic mass is 10.1. The van der Waals surface area contributed by atoms with Gasteiger partial charge in [-0.25, -0.2) is 4.68 Å². The number of hydrogen-bond acceptors (Lipinski definition) is 3. The molecule has 0 fully saturated rings. The summed E-state index contributed by atoms with van der Waals surface area (Å²) in [6, 6.07) is 20.4. The summed E-state index contributed by atoms with van der Waals surface area (Å²) in [7, 11) is 4.27. The summed E-state index contributed by atoms with van der Waals surface area (Å²) in [4.78, 5) is 15.8. The minimum Gasteiger partial charge on any atom is -0.347 e. The molecular weight excluding hydrogens is 380 g/mol. The van der Waals surface area contributed by atoms with E-state index in [0.29, 0.717) is 11.4 Å². The lowest BCUT2D eigenvalue weighted by Crippen LogP contribution is -3.04. The van der Waals surface area contributed by atoms with E-state index in [0.717, 1.165) is 33.7 Å². The molecule has 2 aromatic heterocycles. The SMILES string of the molecule is Cc1nn(-c2ccccc2)c2sc(C(=O)NCc3ccc(C[NH+](C)C)cc3)cc12. The molecule has 0 radical (unpaired) electrons. The lowest BCUT2D eigenvalue weighted by molar-refractivity contribution is -0.872. The van der Waals surface area contributed by atoms with E-state index in [-0.39, 0.29) is 5.91 Å². The van der Waals surface area contributed by atoms with Crippen LogP contribution in [-0.4, -0.2) is 29.8 Å². The van der Waals surface area contributed by atoms with Gasteiger partial charge in [-0.1, -0.05) is 42.5 Å². The quantitative estimate of drug-likeness (QED) is 0.518. The first-order chi connectivity index (χ1) is 14.0. The molecule has 6 heteroatoms. The molecule has 0 aliphatic heterocycles. The van der Waals surface area contributed by atoms with Crippen molar-refractivity contribution in [3.63, 3.8) is 0 Å².